The van der Waals surface area contributed by atoms with Gasteiger partial charge in [0.1, 0.15) is 24.0 Å². The summed E-state index contributed by atoms with van der Waals surface area (Å²) in [5, 5.41) is 5.26. The van der Waals surface area contributed by atoms with Crippen LogP contribution in [0.3, 0.4) is 0 Å². The Kier molecular flexibility index (Phi) is 6.07. The molecule has 0 aliphatic carbocycles. The molecule has 0 unspecified atom stereocenters. The monoisotopic (exact) mass is 454 g/mol. The lowest BCUT2D eigenvalue weighted by Crippen LogP contribution is -2.12. The largest absolute Gasteiger partial charge is 0.489 e. The van der Waals surface area contributed by atoms with Crippen LogP contribution in [-0.2, 0) is 23.1 Å². The standard InChI is InChI=1S/C24H20F2N2O3S/c25-19-11-10-18(23(26)14-19)16-31-24-9-2-1-5-17(24)13-20-7-4-12-28(20)21-6-3-8-22(15-21)32(27,29)30/h1-12,14-15H,13,16H2,(H2,27,29,30). The van der Waals surface area contributed by atoms with E-state index in [1.807, 2.05) is 41.1 Å². The molecule has 0 atom stereocenters. The van der Waals surface area contributed by atoms with Gasteiger partial charge in [-0.05, 0) is 48.5 Å². The van der Waals surface area contributed by atoms with Crippen molar-refractivity contribution in [2.24, 2.45) is 5.14 Å². The van der Waals surface area contributed by atoms with Crippen molar-refractivity contribution in [3.05, 3.63) is 114 Å². The van der Waals surface area contributed by atoms with Crippen molar-refractivity contribution in [3.63, 3.8) is 0 Å². The van der Waals surface area contributed by atoms with Gasteiger partial charge in [0.25, 0.3) is 0 Å². The molecule has 164 valence electrons. The number of ether oxygens (including phenoxy) is 1. The Bertz CT molecular complexity index is 1370. The minimum absolute atomic E-state index is 0.0275. The summed E-state index contributed by atoms with van der Waals surface area (Å²) in [4.78, 5) is 0.0275. The summed E-state index contributed by atoms with van der Waals surface area (Å²) >= 11 is 0. The average molecular weight is 454 g/mol. The summed E-state index contributed by atoms with van der Waals surface area (Å²) in [6, 6.07) is 20.9. The molecule has 0 saturated carbocycles. The molecule has 8 heteroatoms. The Labute approximate surface area is 184 Å². The third-order valence-corrected chi connectivity index (χ3v) is 5.91. The van der Waals surface area contributed by atoms with E-state index in [-0.39, 0.29) is 17.1 Å². The van der Waals surface area contributed by atoms with E-state index in [1.165, 1.54) is 24.3 Å². The summed E-state index contributed by atoms with van der Waals surface area (Å²) in [7, 11) is -3.82. The van der Waals surface area contributed by atoms with Crippen LogP contribution in [-0.4, -0.2) is 13.0 Å². The van der Waals surface area contributed by atoms with Gasteiger partial charge >= 0.3 is 0 Å². The highest BCUT2D eigenvalue weighted by Crippen LogP contribution is 2.25. The van der Waals surface area contributed by atoms with Gasteiger partial charge < -0.3 is 9.30 Å². The summed E-state index contributed by atoms with van der Waals surface area (Å²) in [6.07, 6.45) is 2.31. The van der Waals surface area contributed by atoms with E-state index in [1.54, 1.807) is 18.2 Å². The van der Waals surface area contributed by atoms with E-state index >= 15 is 0 Å². The first-order valence-electron chi connectivity index (χ1n) is 9.75. The fourth-order valence-corrected chi connectivity index (χ4v) is 3.96. The lowest BCUT2D eigenvalue weighted by atomic mass is 10.1. The second-order valence-corrected chi connectivity index (χ2v) is 8.78. The van der Waals surface area contributed by atoms with Gasteiger partial charge in [0.05, 0.1) is 4.90 Å². The number of rotatable bonds is 7. The molecule has 1 heterocycles. The molecule has 0 radical (unpaired) electrons. The summed E-state index contributed by atoms with van der Waals surface area (Å²) in [6.45, 7) is -0.0411. The third kappa shape index (κ3) is 4.87. The maximum Gasteiger partial charge on any atom is 0.238 e. The molecule has 2 N–H and O–H groups in total. The zero-order valence-corrected chi connectivity index (χ0v) is 17.7. The van der Waals surface area contributed by atoms with E-state index in [4.69, 9.17) is 9.88 Å². The van der Waals surface area contributed by atoms with Gasteiger partial charge in [-0.3, -0.25) is 0 Å². The second kappa shape index (κ2) is 8.94. The Hall–Kier alpha value is -3.49. The fourth-order valence-electron chi connectivity index (χ4n) is 3.40. The number of primary sulfonamides is 1. The van der Waals surface area contributed by atoms with E-state index in [9.17, 15) is 17.2 Å². The normalized spacial score (nSPS) is 11.5. The number of para-hydroxylation sites is 1. The molecule has 4 rings (SSSR count). The molecule has 1 aromatic heterocycles. The number of benzene rings is 3. The van der Waals surface area contributed by atoms with E-state index in [2.05, 4.69) is 0 Å². The summed E-state index contributed by atoms with van der Waals surface area (Å²) < 4.78 is 58.2. The van der Waals surface area contributed by atoms with E-state index < -0.39 is 21.7 Å². The molecule has 32 heavy (non-hydrogen) atoms. The predicted octanol–water partition coefficient (Wildman–Crippen LogP) is 4.57. The van der Waals surface area contributed by atoms with Crippen molar-refractivity contribution in [3.8, 4) is 11.4 Å². The van der Waals surface area contributed by atoms with Crippen molar-refractivity contribution >= 4 is 10.0 Å². The molecule has 0 fully saturated rings. The number of sulfonamides is 1. The van der Waals surface area contributed by atoms with Crippen LogP contribution < -0.4 is 9.88 Å². The second-order valence-electron chi connectivity index (χ2n) is 7.22. The molecule has 0 amide bonds. The van der Waals surface area contributed by atoms with Crippen LogP contribution in [0.2, 0.25) is 0 Å². The number of hydrogen-bond acceptors (Lipinski definition) is 3. The fraction of sp³-hybridized carbons (Fsp3) is 0.0833. The zero-order valence-electron chi connectivity index (χ0n) is 16.9. The van der Waals surface area contributed by atoms with Gasteiger partial charge in [0, 0.05) is 41.2 Å². The van der Waals surface area contributed by atoms with Crippen LogP contribution in [0.5, 0.6) is 5.75 Å². The maximum absolute atomic E-state index is 13.9. The molecule has 3 aromatic carbocycles. The number of nitrogens with zero attached hydrogens (tertiary/aromatic N) is 1. The lowest BCUT2D eigenvalue weighted by Gasteiger charge is -2.14. The first-order valence-corrected chi connectivity index (χ1v) is 11.3. The molecule has 5 nitrogen and oxygen atoms in total. The first-order chi connectivity index (χ1) is 15.3. The maximum atomic E-state index is 13.9. The predicted molar refractivity (Wildman–Crippen MR) is 117 cm³/mol. The Balaban J connectivity index is 1.59. The zero-order chi connectivity index (χ0) is 22.7. The van der Waals surface area contributed by atoms with Crippen molar-refractivity contribution < 1.29 is 21.9 Å². The summed E-state index contributed by atoms with van der Waals surface area (Å²) in [5.41, 5.74) is 2.66. The minimum Gasteiger partial charge on any atom is -0.489 e. The molecular weight excluding hydrogens is 434 g/mol. The minimum atomic E-state index is -3.82. The van der Waals surface area contributed by atoms with Gasteiger partial charge in [-0.2, -0.15) is 0 Å². The SMILES string of the molecule is NS(=O)(=O)c1cccc(-n2cccc2Cc2ccccc2OCc2ccc(F)cc2F)c1. The molecule has 0 aliphatic heterocycles. The molecule has 4 aromatic rings. The van der Waals surface area contributed by atoms with Crippen molar-refractivity contribution in [1.82, 2.24) is 4.57 Å². The highest BCUT2D eigenvalue weighted by Gasteiger charge is 2.13. The number of nitrogens with two attached hydrogens (primary N) is 1. The smallest absolute Gasteiger partial charge is 0.238 e. The van der Waals surface area contributed by atoms with Crippen molar-refractivity contribution in [2.75, 3.05) is 0 Å². The van der Waals surface area contributed by atoms with Crippen LogP contribution in [0.15, 0.2) is 90.0 Å². The van der Waals surface area contributed by atoms with Crippen molar-refractivity contribution in [2.45, 2.75) is 17.9 Å². The molecule has 0 spiro atoms. The van der Waals surface area contributed by atoms with Crippen LogP contribution >= 0.6 is 0 Å². The molecule has 0 aliphatic rings. The van der Waals surface area contributed by atoms with Gasteiger partial charge in [-0.15, -0.1) is 0 Å². The highest BCUT2D eigenvalue weighted by molar-refractivity contribution is 7.89. The van der Waals surface area contributed by atoms with Gasteiger partial charge in [-0.25, -0.2) is 22.3 Å². The van der Waals surface area contributed by atoms with E-state index in [0.29, 0.717) is 17.9 Å². The van der Waals surface area contributed by atoms with Crippen molar-refractivity contribution in [1.29, 1.82) is 0 Å². The Morgan fingerprint density at radius 1 is 0.875 bits per heavy atom. The average Bonchev–Trinajstić information content (AvgIpc) is 3.22. The van der Waals surface area contributed by atoms with Crippen LogP contribution in [0, 0.1) is 11.6 Å². The first kappa shape index (κ1) is 21.7. The van der Waals surface area contributed by atoms with Gasteiger partial charge in [-0.1, -0.05) is 24.3 Å². The number of hydrogen-bond donors (Lipinski definition) is 1. The Morgan fingerprint density at radius 2 is 1.69 bits per heavy atom. The van der Waals surface area contributed by atoms with Gasteiger partial charge in [0.2, 0.25) is 10.0 Å². The molecular formula is C24H20F2N2O3S. The Morgan fingerprint density at radius 3 is 2.47 bits per heavy atom. The lowest BCUT2D eigenvalue weighted by molar-refractivity contribution is 0.296. The van der Waals surface area contributed by atoms with Gasteiger partial charge in [0.15, 0.2) is 0 Å². The number of halogens is 2. The van der Waals surface area contributed by atoms with Crippen LogP contribution in [0.25, 0.3) is 5.69 Å². The quantitative estimate of drug-likeness (QED) is 0.444. The van der Waals surface area contributed by atoms with E-state index in [0.717, 1.165) is 17.3 Å². The highest BCUT2D eigenvalue weighted by atomic mass is 32.2. The summed E-state index contributed by atoms with van der Waals surface area (Å²) in [5.74, 6) is -0.729. The van der Waals surface area contributed by atoms with Crippen LogP contribution in [0.4, 0.5) is 8.78 Å². The topological polar surface area (TPSA) is 74.3 Å². The molecule has 0 bridgehead atoms. The molecule has 0 saturated heterocycles. The number of aromatic nitrogens is 1. The third-order valence-electron chi connectivity index (χ3n) is 5.00. The van der Waals surface area contributed by atoms with Crippen LogP contribution in [0.1, 0.15) is 16.8 Å².